The molecule has 0 spiro atoms. The van der Waals surface area contributed by atoms with Crippen molar-refractivity contribution in [3.8, 4) is 0 Å². The summed E-state index contributed by atoms with van der Waals surface area (Å²) >= 11 is 0. The Morgan fingerprint density at radius 1 is 1.28 bits per heavy atom. The molecule has 1 saturated carbocycles. The number of sulfonamides is 1. The van der Waals surface area contributed by atoms with Crippen LogP contribution in [0.25, 0.3) is 10.9 Å². The van der Waals surface area contributed by atoms with Crippen LogP contribution in [-0.4, -0.2) is 42.5 Å². The van der Waals surface area contributed by atoms with E-state index in [1.165, 1.54) is 10.4 Å². The van der Waals surface area contributed by atoms with Gasteiger partial charge in [0.05, 0.1) is 5.52 Å². The van der Waals surface area contributed by atoms with Crippen LogP contribution >= 0.6 is 0 Å². The Kier molecular flexibility index (Phi) is 4.13. The molecule has 2 heterocycles. The maximum absolute atomic E-state index is 14.5. The third kappa shape index (κ3) is 2.69. The van der Waals surface area contributed by atoms with Gasteiger partial charge in [0.15, 0.2) is 0 Å². The van der Waals surface area contributed by atoms with E-state index >= 15 is 0 Å². The third-order valence-electron chi connectivity index (χ3n) is 5.68. The highest BCUT2D eigenvalue weighted by Gasteiger charge is 2.34. The summed E-state index contributed by atoms with van der Waals surface area (Å²) in [6.45, 7) is 3.08. The number of aliphatic hydroxyl groups is 1. The first-order chi connectivity index (χ1) is 11.9. The fourth-order valence-corrected chi connectivity index (χ4v) is 5.77. The average Bonchev–Trinajstić information content (AvgIpc) is 3.18. The summed E-state index contributed by atoms with van der Waals surface area (Å²) in [5.41, 5.74) is 2.13. The van der Waals surface area contributed by atoms with Crippen LogP contribution in [0.1, 0.15) is 42.7 Å². The van der Waals surface area contributed by atoms with Crippen LogP contribution in [0.4, 0.5) is 4.39 Å². The SMILES string of the molecule is Cc1cc(F)c2[nH]c(S(=O)(=O)N3CCCC3)cc2c1C1CC(CO)C1. The lowest BCUT2D eigenvalue weighted by atomic mass is 9.70. The first kappa shape index (κ1) is 17.0. The van der Waals surface area contributed by atoms with Crippen LogP contribution in [-0.2, 0) is 10.0 Å². The Morgan fingerprint density at radius 3 is 2.60 bits per heavy atom. The van der Waals surface area contributed by atoms with Gasteiger partial charge < -0.3 is 10.1 Å². The van der Waals surface area contributed by atoms with Crippen LogP contribution < -0.4 is 0 Å². The molecule has 1 aromatic heterocycles. The van der Waals surface area contributed by atoms with Gasteiger partial charge in [0.25, 0.3) is 10.0 Å². The fourth-order valence-electron chi connectivity index (χ4n) is 4.25. The largest absolute Gasteiger partial charge is 0.396 e. The topological polar surface area (TPSA) is 73.4 Å². The van der Waals surface area contributed by atoms with E-state index in [-0.39, 0.29) is 29.0 Å². The smallest absolute Gasteiger partial charge is 0.258 e. The number of halogens is 1. The van der Waals surface area contributed by atoms with Crippen molar-refractivity contribution in [3.63, 3.8) is 0 Å². The van der Waals surface area contributed by atoms with Crippen LogP contribution in [0.15, 0.2) is 17.2 Å². The summed E-state index contributed by atoms with van der Waals surface area (Å²) in [6.07, 6.45) is 3.44. The number of hydrogen-bond donors (Lipinski definition) is 2. The van der Waals surface area contributed by atoms with Gasteiger partial charge in [-0.15, -0.1) is 0 Å². The molecule has 2 N–H and O–H groups in total. The normalized spacial score (nSPS) is 24.8. The van der Waals surface area contributed by atoms with Crippen molar-refractivity contribution in [2.45, 2.75) is 43.6 Å². The van der Waals surface area contributed by atoms with Crippen molar-refractivity contribution in [1.29, 1.82) is 0 Å². The average molecular weight is 366 g/mol. The van der Waals surface area contributed by atoms with Crippen LogP contribution in [0.3, 0.4) is 0 Å². The number of nitrogens with one attached hydrogen (secondary N) is 1. The molecule has 0 atom stereocenters. The Morgan fingerprint density at radius 2 is 1.96 bits per heavy atom. The molecule has 0 unspecified atom stereocenters. The summed E-state index contributed by atoms with van der Waals surface area (Å²) in [5, 5.41) is 10.00. The zero-order valence-electron chi connectivity index (χ0n) is 14.3. The van der Waals surface area contributed by atoms with E-state index in [1.807, 2.05) is 6.92 Å². The molecular weight excluding hydrogens is 343 g/mol. The van der Waals surface area contributed by atoms with Gasteiger partial charge in [-0.05, 0) is 67.7 Å². The number of aromatic nitrogens is 1. The van der Waals surface area contributed by atoms with Crippen LogP contribution in [0.2, 0.25) is 0 Å². The number of rotatable bonds is 4. The predicted molar refractivity (Wildman–Crippen MR) is 93.5 cm³/mol. The number of fused-ring (bicyclic) bond motifs is 1. The molecule has 0 bridgehead atoms. The fraction of sp³-hybridized carbons (Fsp3) is 0.556. The van der Waals surface area contributed by atoms with Gasteiger partial charge in [0.1, 0.15) is 10.8 Å². The molecule has 1 aliphatic heterocycles. The molecule has 5 nitrogen and oxygen atoms in total. The van der Waals surface area contributed by atoms with E-state index in [0.717, 1.165) is 36.8 Å². The van der Waals surface area contributed by atoms with Gasteiger partial charge in [0, 0.05) is 25.1 Å². The molecule has 0 amide bonds. The first-order valence-electron chi connectivity index (χ1n) is 8.84. The predicted octanol–water partition coefficient (Wildman–Crippen LogP) is 2.89. The molecular formula is C18H23FN2O3S. The van der Waals surface area contributed by atoms with Gasteiger partial charge in [-0.1, -0.05) is 0 Å². The van der Waals surface area contributed by atoms with E-state index < -0.39 is 15.8 Å². The van der Waals surface area contributed by atoms with E-state index in [0.29, 0.717) is 18.5 Å². The van der Waals surface area contributed by atoms with Gasteiger partial charge in [-0.3, -0.25) is 0 Å². The van der Waals surface area contributed by atoms with Crippen molar-refractivity contribution >= 4 is 20.9 Å². The minimum absolute atomic E-state index is 0.0770. The molecule has 1 aromatic carbocycles. The second-order valence-electron chi connectivity index (χ2n) is 7.34. The zero-order valence-corrected chi connectivity index (χ0v) is 15.1. The van der Waals surface area contributed by atoms with E-state index in [2.05, 4.69) is 4.98 Å². The van der Waals surface area contributed by atoms with E-state index in [9.17, 15) is 17.9 Å². The number of benzene rings is 1. The second-order valence-corrected chi connectivity index (χ2v) is 9.25. The van der Waals surface area contributed by atoms with Crippen LogP contribution in [0.5, 0.6) is 0 Å². The molecule has 2 aromatic rings. The number of H-pyrrole nitrogens is 1. The number of aromatic amines is 1. The molecule has 2 fully saturated rings. The van der Waals surface area contributed by atoms with Crippen molar-refractivity contribution in [2.75, 3.05) is 19.7 Å². The minimum Gasteiger partial charge on any atom is -0.396 e. The Bertz CT molecular complexity index is 910. The van der Waals surface area contributed by atoms with Gasteiger partial charge in [0.2, 0.25) is 0 Å². The molecule has 1 saturated heterocycles. The van der Waals surface area contributed by atoms with Gasteiger partial charge in [-0.2, -0.15) is 4.31 Å². The monoisotopic (exact) mass is 366 g/mol. The minimum atomic E-state index is -3.61. The van der Waals surface area contributed by atoms with Gasteiger partial charge >= 0.3 is 0 Å². The molecule has 7 heteroatoms. The van der Waals surface area contributed by atoms with Crippen molar-refractivity contribution in [2.24, 2.45) is 5.92 Å². The first-order valence-corrected chi connectivity index (χ1v) is 10.3. The summed E-state index contributed by atoms with van der Waals surface area (Å²) in [7, 11) is -3.61. The third-order valence-corrected chi connectivity index (χ3v) is 7.50. The molecule has 0 radical (unpaired) electrons. The molecule has 1 aliphatic carbocycles. The molecule has 2 aliphatic rings. The Balaban J connectivity index is 1.81. The highest BCUT2D eigenvalue weighted by atomic mass is 32.2. The van der Waals surface area contributed by atoms with Crippen molar-refractivity contribution < 1.29 is 17.9 Å². The maximum atomic E-state index is 14.5. The maximum Gasteiger partial charge on any atom is 0.258 e. The summed E-state index contributed by atoms with van der Waals surface area (Å²) in [6, 6.07) is 3.08. The lowest BCUT2D eigenvalue weighted by molar-refractivity contribution is 0.142. The number of nitrogens with zero attached hydrogens (tertiary/aromatic N) is 1. The Labute approximate surface area is 146 Å². The molecule has 4 rings (SSSR count). The lowest BCUT2D eigenvalue weighted by Crippen LogP contribution is -2.28. The summed E-state index contributed by atoms with van der Waals surface area (Å²) < 4.78 is 41.5. The van der Waals surface area contributed by atoms with Crippen LogP contribution in [0, 0.1) is 18.7 Å². The standard InChI is InChI=1S/C18H23FN2O3S/c1-11-6-15(19)18-14(17(11)13-7-12(8-13)10-22)9-16(20-18)25(23,24)21-4-2-3-5-21/h6,9,12-13,20,22H,2-5,7-8,10H2,1H3. The van der Waals surface area contributed by atoms with E-state index in [4.69, 9.17) is 0 Å². The van der Waals surface area contributed by atoms with Crippen molar-refractivity contribution in [3.05, 3.63) is 29.1 Å². The lowest BCUT2D eigenvalue weighted by Gasteiger charge is -2.35. The summed E-state index contributed by atoms with van der Waals surface area (Å²) in [4.78, 5) is 2.82. The Hall–Kier alpha value is -1.44. The number of aryl methyl sites for hydroxylation is 1. The molecule has 136 valence electrons. The summed E-state index contributed by atoms with van der Waals surface area (Å²) in [5.74, 6) is 0.117. The highest BCUT2D eigenvalue weighted by molar-refractivity contribution is 7.89. The number of aliphatic hydroxyl groups excluding tert-OH is 1. The quantitative estimate of drug-likeness (QED) is 0.874. The van der Waals surface area contributed by atoms with E-state index in [1.54, 1.807) is 6.07 Å². The second kappa shape index (κ2) is 6.07. The number of hydrogen-bond acceptors (Lipinski definition) is 3. The highest BCUT2D eigenvalue weighted by Crippen LogP contribution is 2.45. The zero-order chi connectivity index (χ0) is 17.8. The molecule has 25 heavy (non-hydrogen) atoms. The van der Waals surface area contributed by atoms with Gasteiger partial charge in [-0.25, -0.2) is 12.8 Å². The van der Waals surface area contributed by atoms with Crippen molar-refractivity contribution in [1.82, 2.24) is 9.29 Å².